The highest BCUT2D eigenvalue weighted by atomic mass is 16.5. The van der Waals surface area contributed by atoms with Crippen molar-refractivity contribution in [3.05, 3.63) is 136 Å². The van der Waals surface area contributed by atoms with Crippen LogP contribution in [-0.2, 0) is 70.3 Å². The van der Waals surface area contributed by atoms with E-state index in [1.807, 2.05) is 109 Å². The molecule has 0 aliphatic rings. The lowest BCUT2D eigenvalue weighted by molar-refractivity contribution is -0.143. The van der Waals surface area contributed by atoms with Crippen LogP contribution < -0.4 is 16.0 Å². The van der Waals surface area contributed by atoms with Crippen LogP contribution in [0.2, 0.25) is 0 Å². The monoisotopic (exact) mass is 1290 g/mol. The Morgan fingerprint density at radius 3 is 0.926 bits per heavy atom. The topological polar surface area (TPSA) is 160 Å². The number of ketones is 1. The normalized spacial score (nSPS) is 11.6. The molecule has 0 saturated heterocycles. The maximum atomic E-state index is 13.5. The summed E-state index contributed by atoms with van der Waals surface area (Å²) in [4.78, 5) is 80.5. The Hall–Kier alpha value is -6.14. The van der Waals surface area contributed by atoms with Crippen LogP contribution in [0, 0.1) is 10.8 Å². The van der Waals surface area contributed by atoms with Gasteiger partial charge in [-0.05, 0) is 112 Å². The van der Waals surface area contributed by atoms with Crippen LogP contribution >= 0.6 is 0 Å². The van der Waals surface area contributed by atoms with E-state index in [0.717, 1.165) is 64.6 Å². The molecule has 0 atom stereocenters. The average Bonchev–Trinajstić information content (AvgIpc) is 0.883. The van der Waals surface area contributed by atoms with Gasteiger partial charge in [0.1, 0.15) is 10.8 Å². The van der Waals surface area contributed by atoms with Crippen molar-refractivity contribution in [1.82, 2.24) is 15.5 Å². The predicted octanol–water partition coefficient (Wildman–Crippen LogP) is 18.5. The summed E-state index contributed by atoms with van der Waals surface area (Å²) < 4.78 is 11.1. The van der Waals surface area contributed by atoms with Crippen LogP contribution in [0.1, 0.15) is 286 Å². The third-order valence-corrected chi connectivity index (χ3v) is 18.6. The number of esters is 2. The minimum atomic E-state index is -1.34. The SMILES string of the molecule is CCCCCCCCCCCCCCCCCCOC(=O)Cc1ccc(Cc2ccc(CC(=O)C(C)(C)C(=O)NCCN(C)CCNC(=O)C(C)(C)C(=O)Nc3ccc(Cc4ccc(CC(=O)OCCCCCCCCCCCCCCCCCC)cc4)cc3)cc2)cc1. The molecule has 4 rings (SSSR count). The molecule has 0 bridgehead atoms. The number of hydrogen-bond donors (Lipinski definition) is 3. The first-order chi connectivity index (χ1) is 45.5. The van der Waals surface area contributed by atoms with E-state index >= 15 is 0 Å². The van der Waals surface area contributed by atoms with Crippen molar-refractivity contribution in [2.75, 3.05) is 51.8 Å². The van der Waals surface area contributed by atoms with Crippen LogP contribution in [0.15, 0.2) is 97.1 Å². The molecule has 522 valence electrons. The smallest absolute Gasteiger partial charge is 0.310 e. The molecule has 12 nitrogen and oxygen atoms in total. The lowest BCUT2D eigenvalue weighted by atomic mass is 9.83. The molecule has 4 aromatic carbocycles. The maximum absolute atomic E-state index is 13.5. The fraction of sp³-hybridized carbons (Fsp3) is 0.634. The van der Waals surface area contributed by atoms with Crippen LogP contribution in [0.3, 0.4) is 0 Å². The minimum absolute atomic E-state index is 0.129. The van der Waals surface area contributed by atoms with E-state index in [-0.39, 0.29) is 42.9 Å². The van der Waals surface area contributed by atoms with E-state index in [0.29, 0.717) is 57.9 Å². The first kappa shape index (κ1) is 80.3. The number of nitrogens with zero attached hydrogens (tertiary/aromatic N) is 1. The Balaban J connectivity index is 1.01. The lowest BCUT2D eigenvalue weighted by Crippen LogP contribution is -2.47. The minimum Gasteiger partial charge on any atom is -0.465 e. The van der Waals surface area contributed by atoms with Crippen LogP contribution in [-0.4, -0.2) is 86.8 Å². The van der Waals surface area contributed by atoms with Gasteiger partial charge in [-0.3, -0.25) is 28.8 Å². The van der Waals surface area contributed by atoms with Gasteiger partial charge in [0.05, 0.1) is 26.1 Å². The molecule has 0 heterocycles. The van der Waals surface area contributed by atoms with Crippen LogP contribution in [0.4, 0.5) is 5.69 Å². The molecule has 0 unspecified atom stereocenters. The highest BCUT2D eigenvalue weighted by Crippen LogP contribution is 2.24. The fourth-order valence-corrected chi connectivity index (χ4v) is 11.8. The number of anilines is 1. The molecule has 0 saturated carbocycles. The zero-order valence-electron chi connectivity index (χ0n) is 59.9. The molecular weight excluding hydrogens is 1170 g/mol. The average molecular weight is 1300 g/mol. The predicted molar refractivity (Wildman–Crippen MR) is 388 cm³/mol. The van der Waals surface area contributed by atoms with E-state index in [9.17, 15) is 28.8 Å². The van der Waals surface area contributed by atoms with Gasteiger partial charge in [-0.1, -0.05) is 291 Å². The number of unbranched alkanes of at least 4 members (excludes halogenated alkanes) is 30. The molecule has 0 aliphatic carbocycles. The highest BCUT2D eigenvalue weighted by molar-refractivity contribution is 6.10. The number of nitrogens with one attached hydrogen (secondary N) is 3. The third-order valence-electron chi connectivity index (χ3n) is 18.6. The van der Waals surface area contributed by atoms with E-state index in [4.69, 9.17) is 9.47 Å². The summed E-state index contributed by atoms with van der Waals surface area (Å²) in [6.07, 6.45) is 44.1. The van der Waals surface area contributed by atoms with E-state index < -0.39 is 22.6 Å². The summed E-state index contributed by atoms with van der Waals surface area (Å²) in [5.41, 5.74) is 5.07. The first-order valence-corrected chi connectivity index (χ1v) is 37.2. The maximum Gasteiger partial charge on any atom is 0.310 e. The molecule has 94 heavy (non-hydrogen) atoms. The Labute approximate surface area is 569 Å². The highest BCUT2D eigenvalue weighted by Gasteiger charge is 2.37. The number of rotatable bonds is 55. The molecule has 4 aromatic rings. The standard InChI is InChI=1S/C82H126N4O8/c1-8-10-12-14-16-18-20-22-24-26-28-30-32-34-36-38-60-93-76(88)65-72-48-42-68(43-49-72)62-67-40-46-71(47-41-67)64-75(87)81(3,4)78(90)83-56-58-86(7)59-57-84-79(91)82(5,6)80(92)85-74-54-52-70(53-55-74)63-69-44-50-73(51-45-69)66-77(89)94-61-39-37-35-33-31-29-27-25-23-21-19-17-15-13-11-9-2/h40-55H,8-39,56-66H2,1-7H3,(H,83,90)(H,84,91)(H,85,92). The van der Waals surface area contributed by atoms with Gasteiger partial charge in [-0.25, -0.2) is 0 Å². The van der Waals surface area contributed by atoms with E-state index in [1.165, 1.54) is 180 Å². The van der Waals surface area contributed by atoms with Gasteiger partial charge in [0, 0.05) is 38.3 Å². The van der Waals surface area contributed by atoms with Crippen LogP contribution in [0.5, 0.6) is 0 Å². The Morgan fingerprint density at radius 1 is 0.340 bits per heavy atom. The zero-order valence-corrected chi connectivity index (χ0v) is 59.9. The van der Waals surface area contributed by atoms with E-state index in [1.54, 1.807) is 27.7 Å². The number of Topliss-reactive ketones (excluding diaryl/α,β-unsaturated/α-hetero) is 1. The van der Waals surface area contributed by atoms with Crippen molar-refractivity contribution >= 4 is 41.1 Å². The van der Waals surface area contributed by atoms with Crippen molar-refractivity contribution in [3.63, 3.8) is 0 Å². The van der Waals surface area contributed by atoms with Gasteiger partial charge in [0.15, 0.2) is 5.78 Å². The quantitative estimate of drug-likeness (QED) is 0.0222. The number of carbonyl (C=O) groups is 6. The van der Waals surface area contributed by atoms with Crippen molar-refractivity contribution in [1.29, 1.82) is 0 Å². The second-order valence-corrected chi connectivity index (χ2v) is 28.0. The van der Waals surface area contributed by atoms with Gasteiger partial charge in [0.25, 0.3) is 0 Å². The molecule has 0 aromatic heterocycles. The third kappa shape index (κ3) is 35.6. The lowest BCUT2D eigenvalue weighted by Gasteiger charge is -2.25. The van der Waals surface area contributed by atoms with Crippen molar-refractivity contribution < 1.29 is 38.2 Å². The molecule has 0 aliphatic heterocycles. The molecule has 12 heteroatoms. The fourth-order valence-electron chi connectivity index (χ4n) is 11.8. The van der Waals surface area contributed by atoms with Gasteiger partial charge in [0.2, 0.25) is 17.7 Å². The van der Waals surface area contributed by atoms with Gasteiger partial charge in [-0.2, -0.15) is 0 Å². The molecule has 3 amide bonds. The Kier molecular flexibility index (Phi) is 41.5. The number of carbonyl (C=O) groups excluding carboxylic acids is 6. The Bertz CT molecular complexity index is 2520. The zero-order chi connectivity index (χ0) is 67.9. The summed E-state index contributed by atoms with van der Waals surface area (Å²) in [6, 6.07) is 31.6. The second-order valence-electron chi connectivity index (χ2n) is 28.0. The van der Waals surface area contributed by atoms with Gasteiger partial charge < -0.3 is 30.3 Å². The molecule has 3 N–H and O–H groups in total. The molecular formula is C82H126N4O8. The van der Waals surface area contributed by atoms with Gasteiger partial charge >= 0.3 is 11.9 Å². The first-order valence-electron chi connectivity index (χ1n) is 37.2. The number of amides is 3. The Morgan fingerprint density at radius 2 is 0.606 bits per heavy atom. The molecule has 0 fully saturated rings. The van der Waals surface area contributed by atoms with E-state index in [2.05, 4.69) is 29.8 Å². The number of benzene rings is 4. The van der Waals surface area contributed by atoms with Gasteiger partial charge in [-0.15, -0.1) is 0 Å². The van der Waals surface area contributed by atoms with Crippen LogP contribution in [0.25, 0.3) is 0 Å². The number of hydrogen-bond acceptors (Lipinski definition) is 9. The number of ether oxygens (including phenoxy) is 2. The second kappa shape index (κ2) is 48.5. The van der Waals surface area contributed by atoms with Crippen molar-refractivity contribution in [3.8, 4) is 0 Å². The van der Waals surface area contributed by atoms with Crippen molar-refractivity contribution in [2.45, 2.75) is 279 Å². The summed E-state index contributed by atoms with van der Waals surface area (Å²) in [6.45, 7) is 13.6. The summed E-state index contributed by atoms with van der Waals surface area (Å²) in [5, 5.41) is 8.71. The summed E-state index contributed by atoms with van der Waals surface area (Å²) in [5.74, 6) is -1.72. The summed E-state index contributed by atoms with van der Waals surface area (Å²) >= 11 is 0. The van der Waals surface area contributed by atoms with Crippen molar-refractivity contribution in [2.24, 2.45) is 10.8 Å². The molecule has 0 radical (unpaired) electrons. The largest absolute Gasteiger partial charge is 0.465 e. The summed E-state index contributed by atoms with van der Waals surface area (Å²) in [7, 11) is 1.88. The molecule has 0 spiro atoms. The number of likely N-dealkylation sites (N-methyl/N-ethyl adjacent to an activating group) is 1.